The summed E-state index contributed by atoms with van der Waals surface area (Å²) in [7, 11) is 0. The number of alkyl halides is 4. The Morgan fingerprint density at radius 3 is 1.91 bits per heavy atom. The number of rotatable bonds is 2. The fourth-order valence-electron chi connectivity index (χ4n) is 1.04. The molecule has 1 fully saturated rings. The summed E-state index contributed by atoms with van der Waals surface area (Å²) in [5.74, 6) is 0. The molecule has 1 saturated heterocycles. The standard InChI is InChI=1S/C6H8F4O/c7-2-5(3-11-4-5)1-6(8,9)10/h1-4H2. The summed E-state index contributed by atoms with van der Waals surface area (Å²) < 4.78 is 51.8. The highest BCUT2D eigenvalue weighted by Crippen LogP contribution is 2.39. The molecule has 0 N–H and O–H groups in total. The highest BCUT2D eigenvalue weighted by atomic mass is 19.4. The van der Waals surface area contributed by atoms with Gasteiger partial charge in [0.05, 0.1) is 31.7 Å². The van der Waals surface area contributed by atoms with E-state index in [0.29, 0.717) is 0 Å². The molecule has 1 heterocycles. The van der Waals surface area contributed by atoms with Gasteiger partial charge < -0.3 is 4.74 Å². The van der Waals surface area contributed by atoms with Crippen molar-refractivity contribution in [2.75, 3.05) is 19.9 Å². The Morgan fingerprint density at radius 1 is 1.27 bits per heavy atom. The van der Waals surface area contributed by atoms with Gasteiger partial charge in [0.25, 0.3) is 0 Å². The molecule has 0 aromatic rings. The Morgan fingerprint density at radius 2 is 1.82 bits per heavy atom. The van der Waals surface area contributed by atoms with E-state index in [1.807, 2.05) is 0 Å². The molecule has 1 aliphatic rings. The van der Waals surface area contributed by atoms with Crippen molar-refractivity contribution >= 4 is 0 Å². The molecule has 1 rings (SSSR count). The number of ether oxygens (including phenoxy) is 1. The minimum absolute atomic E-state index is 0.108. The summed E-state index contributed by atoms with van der Waals surface area (Å²) >= 11 is 0. The van der Waals surface area contributed by atoms with Crippen LogP contribution in [0.2, 0.25) is 0 Å². The van der Waals surface area contributed by atoms with Gasteiger partial charge in [0.1, 0.15) is 0 Å². The first kappa shape index (κ1) is 8.77. The molecule has 1 nitrogen and oxygen atoms in total. The zero-order chi connectivity index (χ0) is 8.54. The van der Waals surface area contributed by atoms with Crippen LogP contribution in [0.1, 0.15) is 6.42 Å². The first-order valence-corrected chi connectivity index (χ1v) is 3.18. The van der Waals surface area contributed by atoms with Crippen molar-refractivity contribution in [2.45, 2.75) is 12.6 Å². The molecule has 66 valence electrons. The molecule has 0 atom stereocenters. The summed E-state index contributed by atoms with van der Waals surface area (Å²) in [6.45, 7) is -1.17. The van der Waals surface area contributed by atoms with E-state index >= 15 is 0 Å². The van der Waals surface area contributed by atoms with Gasteiger partial charge in [0.15, 0.2) is 0 Å². The second-order valence-electron chi connectivity index (χ2n) is 2.92. The van der Waals surface area contributed by atoms with E-state index in [-0.39, 0.29) is 13.2 Å². The van der Waals surface area contributed by atoms with Gasteiger partial charge in [0.2, 0.25) is 0 Å². The predicted octanol–water partition coefficient (Wildman–Crippen LogP) is 1.92. The van der Waals surface area contributed by atoms with E-state index in [9.17, 15) is 17.6 Å². The third-order valence-electron chi connectivity index (χ3n) is 1.68. The average molecular weight is 172 g/mol. The third kappa shape index (κ3) is 2.05. The highest BCUT2D eigenvalue weighted by Gasteiger charge is 2.47. The molecule has 0 saturated carbocycles. The van der Waals surface area contributed by atoms with Crippen molar-refractivity contribution < 1.29 is 22.3 Å². The molecule has 0 bridgehead atoms. The van der Waals surface area contributed by atoms with Gasteiger partial charge in [-0.1, -0.05) is 0 Å². The molecule has 0 aromatic heterocycles. The monoisotopic (exact) mass is 172 g/mol. The second kappa shape index (κ2) is 2.62. The zero-order valence-corrected chi connectivity index (χ0v) is 5.75. The third-order valence-corrected chi connectivity index (χ3v) is 1.68. The lowest BCUT2D eigenvalue weighted by Gasteiger charge is -2.39. The van der Waals surface area contributed by atoms with Crippen molar-refractivity contribution in [1.29, 1.82) is 0 Å². The molecule has 0 amide bonds. The Kier molecular flexibility index (Phi) is 2.09. The fraction of sp³-hybridized carbons (Fsp3) is 1.00. The summed E-state index contributed by atoms with van der Waals surface area (Å²) in [4.78, 5) is 0. The van der Waals surface area contributed by atoms with Crippen LogP contribution in [0.4, 0.5) is 17.6 Å². The molecule has 0 radical (unpaired) electrons. The van der Waals surface area contributed by atoms with Crippen molar-refractivity contribution in [1.82, 2.24) is 0 Å². The Hall–Kier alpha value is -0.320. The van der Waals surface area contributed by atoms with Crippen LogP contribution in [0.15, 0.2) is 0 Å². The fourth-order valence-corrected chi connectivity index (χ4v) is 1.04. The van der Waals surface area contributed by atoms with Gasteiger partial charge in [-0.15, -0.1) is 0 Å². The smallest absolute Gasteiger partial charge is 0.380 e. The normalized spacial score (nSPS) is 22.9. The molecule has 0 aromatic carbocycles. The van der Waals surface area contributed by atoms with Crippen LogP contribution in [0.3, 0.4) is 0 Å². The highest BCUT2D eigenvalue weighted by molar-refractivity contribution is 4.87. The van der Waals surface area contributed by atoms with E-state index in [1.165, 1.54) is 0 Å². The topological polar surface area (TPSA) is 9.23 Å². The van der Waals surface area contributed by atoms with Crippen molar-refractivity contribution in [3.8, 4) is 0 Å². The molecule has 11 heavy (non-hydrogen) atoms. The predicted molar refractivity (Wildman–Crippen MR) is 29.9 cm³/mol. The molecule has 5 heteroatoms. The van der Waals surface area contributed by atoms with Gasteiger partial charge in [-0.25, -0.2) is 0 Å². The van der Waals surface area contributed by atoms with Crippen LogP contribution >= 0.6 is 0 Å². The molecule has 1 aliphatic heterocycles. The van der Waals surface area contributed by atoms with Gasteiger partial charge in [-0.2, -0.15) is 13.2 Å². The van der Waals surface area contributed by atoms with Crippen molar-refractivity contribution in [3.05, 3.63) is 0 Å². The minimum atomic E-state index is -4.28. The van der Waals surface area contributed by atoms with Crippen molar-refractivity contribution in [2.24, 2.45) is 5.41 Å². The van der Waals surface area contributed by atoms with Gasteiger partial charge >= 0.3 is 6.18 Å². The first-order valence-electron chi connectivity index (χ1n) is 3.18. The van der Waals surface area contributed by atoms with Crippen molar-refractivity contribution in [3.63, 3.8) is 0 Å². The van der Waals surface area contributed by atoms with E-state index in [1.54, 1.807) is 0 Å². The van der Waals surface area contributed by atoms with Gasteiger partial charge in [0, 0.05) is 0 Å². The zero-order valence-electron chi connectivity index (χ0n) is 5.75. The largest absolute Gasteiger partial charge is 0.389 e. The van der Waals surface area contributed by atoms with Crippen LogP contribution < -0.4 is 0 Å². The molecule has 0 spiro atoms. The van der Waals surface area contributed by atoms with Crippen LogP contribution in [-0.4, -0.2) is 26.1 Å². The number of hydrogen-bond donors (Lipinski definition) is 0. The van der Waals surface area contributed by atoms with E-state index in [2.05, 4.69) is 4.74 Å². The summed E-state index contributed by atoms with van der Waals surface area (Å²) in [5.41, 5.74) is -1.27. The van der Waals surface area contributed by atoms with E-state index < -0.39 is 24.7 Å². The Labute approximate surface area is 61.3 Å². The summed E-state index contributed by atoms with van der Waals surface area (Å²) in [5, 5.41) is 0. The Balaban J connectivity index is 2.45. The first-order chi connectivity index (χ1) is 4.97. The maximum absolute atomic E-state index is 12.0. The van der Waals surface area contributed by atoms with Crippen LogP contribution in [0.25, 0.3) is 0 Å². The number of halogens is 4. The number of hydrogen-bond acceptors (Lipinski definition) is 1. The minimum Gasteiger partial charge on any atom is -0.380 e. The maximum Gasteiger partial charge on any atom is 0.389 e. The van der Waals surface area contributed by atoms with Crippen LogP contribution in [-0.2, 0) is 4.74 Å². The molecular weight excluding hydrogens is 164 g/mol. The van der Waals surface area contributed by atoms with E-state index in [4.69, 9.17) is 0 Å². The summed E-state index contributed by atoms with van der Waals surface area (Å²) in [6, 6.07) is 0. The summed E-state index contributed by atoms with van der Waals surface area (Å²) in [6.07, 6.45) is -5.35. The van der Waals surface area contributed by atoms with Gasteiger partial charge in [-0.05, 0) is 0 Å². The Bertz CT molecular complexity index is 132. The average Bonchev–Trinajstić information content (AvgIpc) is 1.77. The SMILES string of the molecule is FCC1(CC(F)(F)F)COC1. The van der Waals surface area contributed by atoms with Crippen LogP contribution in [0.5, 0.6) is 0 Å². The quantitative estimate of drug-likeness (QED) is 0.578. The second-order valence-corrected chi connectivity index (χ2v) is 2.92. The molecule has 0 aliphatic carbocycles. The maximum atomic E-state index is 12.0. The lowest BCUT2D eigenvalue weighted by Crippen LogP contribution is -2.47. The molecule has 0 unspecified atom stereocenters. The lowest BCUT2D eigenvalue weighted by atomic mass is 9.84. The molecular formula is C6H8F4O. The van der Waals surface area contributed by atoms with E-state index in [0.717, 1.165) is 0 Å². The van der Waals surface area contributed by atoms with Crippen LogP contribution in [0, 0.1) is 5.41 Å². The lowest BCUT2D eigenvalue weighted by molar-refractivity contribution is -0.214. The van der Waals surface area contributed by atoms with Gasteiger partial charge in [-0.3, -0.25) is 4.39 Å².